The van der Waals surface area contributed by atoms with Crippen molar-refractivity contribution in [1.29, 1.82) is 0 Å². The Morgan fingerprint density at radius 3 is 2.85 bits per heavy atom. The average molecular weight is 275 g/mol. The van der Waals surface area contributed by atoms with Crippen LogP contribution in [0.15, 0.2) is 47.1 Å². The van der Waals surface area contributed by atoms with Crippen molar-refractivity contribution in [2.24, 2.45) is 0 Å². The second kappa shape index (κ2) is 6.77. The summed E-state index contributed by atoms with van der Waals surface area (Å²) in [7, 11) is 1.58. The van der Waals surface area contributed by atoms with Crippen molar-refractivity contribution in [1.82, 2.24) is 0 Å². The van der Waals surface area contributed by atoms with Gasteiger partial charge in [-0.15, -0.1) is 0 Å². The van der Waals surface area contributed by atoms with E-state index in [-0.39, 0.29) is 11.9 Å². The molecular weight excluding hydrogens is 256 g/mol. The van der Waals surface area contributed by atoms with Crippen LogP contribution in [0, 0.1) is 0 Å². The number of para-hydroxylation sites is 2. The van der Waals surface area contributed by atoms with E-state index in [4.69, 9.17) is 9.15 Å². The number of benzene rings is 1. The topological polar surface area (TPSA) is 68.1 Å². The van der Waals surface area contributed by atoms with E-state index in [2.05, 4.69) is 5.32 Å². The zero-order valence-electron chi connectivity index (χ0n) is 11.6. The van der Waals surface area contributed by atoms with Crippen LogP contribution in [0.25, 0.3) is 0 Å². The molecule has 5 heteroatoms. The Hall–Kier alpha value is -2.27. The molecule has 20 heavy (non-hydrogen) atoms. The van der Waals surface area contributed by atoms with Gasteiger partial charge in [-0.2, -0.15) is 0 Å². The molecule has 5 nitrogen and oxygen atoms in total. The number of methoxy groups -OCH3 is 1. The number of ether oxygens (including phenoxy) is 1. The van der Waals surface area contributed by atoms with Gasteiger partial charge in [0.2, 0.25) is 0 Å². The summed E-state index contributed by atoms with van der Waals surface area (Å²) in [5, 5.41) is 4.76. The van der Waals surface area contributed by atoms with Gasteiger partial charge in [0.25, 0.3) is 5.91 Å². The highest BCUT2D eigenvalue weighted by atomic mass is 16.5. The summed E-state index contributed by atoms with van der Waals surface area (Å²) in [5.41, 5.74) is 0.680. The highest BCUT2D eigenvalue weighted by molar-refractivity contribution is 5.92. The number of quaternary nitrogens is 1. The molecule has 1 atom stereocenters. The third kappa shape index (κ3) is 3.61. The van der Waals surface area contributed by atoms with E-state index in [1.807, 2.05) is 48.6 Å². The highest BCUT2D eigenvalue weighted by Gasteiger charge is 2.14. The molecule has 0 bridgehead atoms. The number of hydrogen-bond acceptors (Lipinski definition) is 3. The number of carbonyl (C=O) groups excluding carboxylic acids is 1. The second-order valence-corrected chi connectivity index (χ2v) is 4.49. The monoisotopic (exact) mass is 275 g/mol. The zero-order chi connectivity index (χ0) is 14.4. The first-order valence-electron chi connectivity index (χ1n) is 6.50. The van der Waals surface area contributed by atoms with Crippen molar-refractivity contribution in [3.05, 3.63) is 48.4 Å². The Morgan fingerprint density at radius 1 is 1.35 bits per heavy atom. The fourth-order valence-electron chi connectivity index (χ4n) is 1.90. The Kier molecular flexibility index (Phi) is 4.79. The fraction of sp³-hybridized carbons (Fsp3) is 0.267. The molecular formula is C15H19N2O3+. The third-order valence-electron chi connectivity index (χ3n) is 3.03. The molecule has 0 fully saturated rings. The van der Waals surface area contributed by atoms with E-state index in [0.29, 0.717) is 18.0 Å². The summed E-state index contributed by atoms with van der Waals surface area (Å²) in [6, 6.07) is 11.2. The summed E-state index contributed by atoms with van der Waals surface area (Å²) < 4.78 is 10.5. The average Bonchev–Trinajstić information content (AvgIpc) is 2.99. The second-order valence-electron chi connectivity index (χ2n) is 4.49. The Labute approximate surface area is 117 Å². The summed E-state index contributed by atoms with van der Waals surface area (Å²) in [4.78, 5) is 11.9. The lowest BCUT2D eigenvalue weighted by molar-refractivity contribution is -0.684. The van der Waals surface area contributed by atoms with Crippen LogP contribution >= 0.6 is 0 Å². The van der Waals surface area contributed by atoms with Crippen molar-refractivity contribution in [3.63, 3.8) is 0 Å². The van der Waals surface area contributed by atoms with Gasteiger partial charge >= 0.3 is 0 Å². The first-order chi connectivity index (χ1) is 9.70. The van der Waals surface area contributed by atoms with Gasteiger partial charge in [-0.3, -0.25) is 4.79 Å². The zero-order valence-corrected chi connectivity index (χ0v) is 11.6. The molecule has 1 aromatic heterocycles. The van der Waals surface area contributed by atoms with Gasteiger partial charge in [-0.05, 0) is 31.2 Å². The standard InChI is InChI=1S/C15H18N2O3/c1-11(13-8-5-9-20-13)16-10-15(18)17-12-6-3-4-7-14(12)19-2/h3-9,11,16H,10H2,1-2H3,(H,17,18)/p+1/t11-/m1/s1. The minimum Gasteiger partial charge on any atom is -0.495 e. The van der Waals surface area contributed by atoms with Crippen LogP contribution in [0.2, 0.25) is 0 Å². The van der Waals surface area contributed by atoms with Crippen LogP contribution < -0.4 is 15.4 Å². The number of nitrogens with one attached hydrogen (secondary N) is 1. The van der Waals surface area contributed by atoms with Crippen LogP contribution in [-0.2, 0) is 4.79 Å². The minimum atomic E-state index is -0.0760. The molecule has 0 unspecified atom stereocenters. The number of nitrogens with two attached hydrogens (primary N) is 1. The molecule has 0 aliphatic carbocycles. The fourth-order valence-corrected chi connectivity index (χ4v) is 1.90. The molecule has 0 saturated carbocycles. The number of hydrogen-bond donors (Lipinski definition) is 2. The van der Waals surface area contributed by atoms with Crippen LogP contribution in [0.1, 0.15) is 18.7 Å². The lowest BCUT2D eigenvalue weighted by Crippen LogP contribution is -2.86. The highest BCUT2D eigenvalue weighted by Crippen LogP contribution is 2.22. The normalized spacial score (nSPS) is 11.9. The van der Waals surface area contributed by atoms with E-state index < -0.39 is 0 Å². The first kappa shape index (κ1) is 14.1. The minimum absolute atomic E-state index is 0.0760. The van der Waals surface area contributed by atoms with Crippen LogP contribution in [-0.4, -0.2) is 19.6 Å². The SMILES string of the molecule is COc1ccccc1NC(=O)C[NH2+][C@H](C)c1ccco1. The smallest absolute Gasteiger partial charge is 0.279 e. The van der Waals surface area contributed by atoms with E-state index in [1.165, 1.54) is 0 Å². The summed E-state index contributed by atoms with van der Waals surface area (Å²) in [6.07, 6.45) is 1.63. The molecule has 106 valence electrons. The number of amides is 1. The maximum atomic E-state index is 11.9. The molecule has 2 rings (SSSR count). The quantitative estimate of drug-likeness (QED) is 0.840. The predicted molar refractivity (Wildman–Crippen MR) is 75.5 cm³/mol. The summed E-state index contributed by atoms with van der Waals surface area (Å²) in [6.45, 7) is 2.31. The third-order valence-corrected chi connectivity index (χ3v) is 3.03. The van der Waals surface area contributed by atoms with E-state index in [1.54, 1.807) is 13.4 Å². The lowest BCUT2D eigenvalue weighted by atomic mass is 10.2. The molecule has 1 heterocycles. The maximum Gasteiger partial charge on any atom is 0.279 e. The van der Waals surface area contributed by atoms with Gasteiger partial charge in [0.1, 0.15) is 11.8 Å². The molecule has 0 saturated heterocycles. The summed E-state index contributed by atoms with van der Waals surface area (Å²) in [5.74, 6) is 1.43. The Balaban J connectivity index is 1.86. The molecule has 0 aliphatic rings. The molecule has 2 aromatic rings. The number of furan rings is 1. The molecule has 1 amide bonds. The van der Waals surface area contributed by atoms with Crippen molar-refractivity contribution in [3.8, 4) is 5.75 Å². The lowest BCUT2D eigenvalue weighted by Gasteiger charge is -2.11. The van der Waals surface area contributed by atoms with Crippen LogP contribution in [0.4, 0.5) is 5.69 Å². The van der Waals surface area contributed by atoms with E-state index in [0.717, 1.165) is 5.76 Å². The molecule has 3 N–H and O–H groups in total. The Morgan fingerprint density at radius 2 is 2.15 bits per heavy atom. The van der Waals surface area contributed by atoms with Gasteiger partial charge in [-0.1, -0.05) is 12.1 Å². The maximum absolute atomic E-state index is 11.9. The number of anilines is 1. The summed E-state index contributed by atoms with van der Waals surface area (Å²) >= 11 is 0. The van der Waals surface area contributed by atoms with E-state index in [9.17, 15) is 4.79 Å². The molecule has 0 aliphatic heterocycles. The molecule has 0 spiro atoms. The van der Waals surface area contributed by atoms with Gasteiger partial charge in [0, 0.05) is 0 Å². The van der Waals surface area contributed by atoms with Crippen LogP contribution in [0.5, 0.6) is 5.75 Å². The largest absolute Gasteiger partial charge is 0.495 e. The first-order valence-corrected chi connectivity index (χ1v) is 6.50. The van der Waals surface area contributed by atoms with Gasteiger partial charge in [-0.25, -0.2) is 0 Å². The Bertz CT molecular complexity index is 552. The van der Waals surface area contributed by atoms with Crippen molar-refractivity contribution in [2.45, 2.75) is 13.0 Å². The van der Waals surface area contributed by atoms with Crippen molar-refractivity contribution >= 4 is 11.6 Å². The van der Waals surface area contributed by atoms with Gasteiger partial charge < -0.3 is 19.8 Å². The van der Waals surface area contributed by atoms with Crippen molar-refractivity contribution in [2.75, 3.05) is 19.0 Å². The van der Waals surface area contributed by atoms with Gasteiger partial charge in [0.15, 0.2) is 12.3 Å². The van der Waals surface area contributed by atoms with Gasteiger partial charge in [0.05, 0.1) is 19.1 Å². The number of carbonyl (C=O) groups is 1. The van der Waals surface area contributed by atoms with E-state index >= 15 is 0 Å². The van der Waals surface area contributed by atoms with Crippen LogP contribution in [0.3, 0.4) is 0 Å². The molecule has 1 aromatic carbocycles. The predicted octanol–water partition coefficient (Wildman–Crippen LogP) is 1.55. The number of rotatable bonds is 6. The molecule has 0 radical (unpaired) electrons. The van der Waals surface area contributed by atoms with Crippen molar-refractivity contribution < 1.29 is 19.3 Å².